The predicted octanol–water partition coefficient (Wildman–Crippen LogP) is 1.59. The number of nitrogens with one attached hydrogen (secondary N) is 1. The fourth-order valence-electron chi connectivity index (χ4n) is 3.63. The summed E-state index contributed by atoms with van der Waals surface area (Å²) in [4.78, 5) is 17.3. The first-order valence-electron chi connectivity index (χ1n) is 7.68. The highest BCUT2D eigenvalue weighted by Crippen LogP contribution is 2.29. The molecule has 2 saturated heterocycles. The molecule has 2 aliphatic rings. The van der Waals surface area contributed by atoms with Crippen LogP contribution in [0.3, 0.4) is 0 Å². The van der Waals surface area contributed by atoms with Crippen molar-refractivity contribution in [2.45, 2.75) is 38.3 Å². The number of fused-ring (bicyclic) bond motifs is 2. The van der Waals surface area contributed by atoms with Gasteiger partial charge >= 0.3 is 0 Å². The van der Waals surface area contributed by atoms with Gasteiger partial charge in [-0.1, -0.05) is 6.07 Å². The van der Waals surface area contributed by atoms with E-state index in [0.29, 0.717) is 23.3 Å². The number of nitrogens with two attached hydrogens (primary N) is 1. The van der Waals surface area contributed by atoms with E-state index in [4.69, 9.17) is 5.84 Å². The van der Waals surface area contributed by atoms with E-state index in [2.05, 4.69) is 17.4 Å². The van der Waals surface area contributed by atoms with Crippen molar-refractivity contribution in [2.75, 3.05) is 25.6 Å². The van der Waals surface area contributed by atoms with Crippen LogP contribution in [0.2, 0.25) is 0 Å². The molecule has 5 heteroatoms. The summed E-state index contributed by atoms with van der Waals surface area (Å²) in [6.07, 6.45) is 3.53. The Balaban J connectivity index is 1.82. The molecule has 21 heavy (non-hydrogen) atoms. The maximum Gasteiger partial charge on any atom is 0.256 e. The molecule has 1 aromatic rings. The maximum absolute atomic E-state index is 12.8. The van der Waals surface area contributed by atoms with Gasteiger partial charge in [0, 0.05) is 25.2 Å². The molecule has 1 aromatic carbocycles. The van der Waals surface area contributed by atoms with Crippen LogP contribution >= 0.6 is 0 Å². The SMILES string of the molecule is Cc1ccc(C(=O)N2CCC3CCC(C2)N3C)c(NN)c1. The van der Waals surface area contributed by atoms with Crippen LogP contribution in [0.15, 0.2) is 18.2 Å². The Bertz CT molecular complexity index is 545. The summed E-state index contributed by atoms with van der Waals surface area (Å²) < 4.78 is 0. The number of nitrogen functional groups attached to an aromatic ring is 1. The molecule has 2 heterocycles. The largest absolute Gasteiger partial charge is 0.337 e. The molecule has 3 rings (SSSR count). The van der Waals surface area contributed by atoms with E-state index in [1.54, 1.807) is 0 Å². The topological polar surface area (TPSA) is 61.6 Å². The molecular formula is C16H24N4O. The average molecular weight is 288 g/mol. The van der Waals surface area contributed by atoms with Crippen LogP contribution in [0.5, 0.6) is 0 Å². The number of nitrogens with zero attached hydrogens (tertiary/aromatic N) is 2. The van der Waals surface area contributed by atoms with Crippen LogP contribution in [0.25, 0.3) is 0 Å². The number of hydrogen-bond acceptors (Lipinski definition) is 4. The predicted molar refractivity (Wildman–Crippen MR) is 84.1 cm³/mol. The first-order valence-corrected chi connectivity index (χ1v) is 7.68. The third-order valence-electron chi connectivity index (χ3n) is 5.00. The number of rotatable bonds is 2. The Morgan fingerprint density at radius 1 is 1.29 bits per heavy atom. The van der Waals surface area contributed by atoms with Gasteiger partial charge in [0.15, 0.2) is 0 Å². The summed E-state index contributed by atoms with van der Waals surface area (Å²) >= 11 is 0. The van der Waals surface area contributed by atoms with Crippen molar-refractivity contribution in [1.82, 2.24) is 9.80 Å². The zero-order chi connectivity index (χ0) is 15.0. The first kappa shape index (κ1) is 14.4. The molecule has 114 valence electrons. The summed E-state index contributed by atoms with van der Waals surface area (Å²) in [5.74, 6) is 5.66. The number of hydrazine groups is 1. The number of carbonyl (C=O) groups excluding carboxylic acids is 1. The lowest BCUT2D eigenvalue weighted by Crippen LogP contribution is -2.40. The number of likely N-dealkylation sites (N-methyl/N-ethyl adjacent to an activating group) is 1. The van der Waals surface area contributed by atoms with Gasteiger partial charge in [0.2, 0.25) is 0 Å². The van der Waals surface area contributed by atoms with E-state index in [1.165, 1.54) is 12.8 Å². The van der Waals surface area contributed by atoms with Crippen LogP contribution in [0.4, 0.5) is 5.69 Å². The van der Waals surface area contributed by atoms with Gasteiger partial charge in [0.1, 0.15) is 0 Å². The average Bonchev–Trinajstić information content (AvgIpc) is 2.71. The quantitative estimate of drug-likeness (QED) is 0.641. The van der Waals surface area contributed by atoms with E-state index in [-0.39, 0.29) is 5.91 Å². The fourth-order valence-corrected chi connectivity index (χ4v) is 3.63. The van der Waals surface area contributed by atoms with Gasteiger partial charge in [-0.05, 0) is 50.9 Å². The number of amides is 1. The van der Waals surface area contributed by atoms with Crippen molar-refractivity contribution in [3.05, 3.63) is 29.3 Å². The van der Waals surface area contributed by atoms with Crippen molar-refractivity contribution < 1.29 is 4.79 Å². The van der Waals surface area contributed by atoms with Crippen LogP contribution in [-0.2, 0) is 0 Å². The monoisotopic (exact) mass is 288 g/mol. The van der Waals surface area contributed by atoms with Crippen LogP contribution < -0.4 is 11.3 Å². The molecule has 0 aliphatic carbocycles. The molecule has 0 spiro atoms. The van der Waals surface area contributed by atoms with E-state index in [9.17, 15) is 4.79 Å². The molecule has 0 saturated carbocycles. The smallest absolute Gasteiger partial charge is 0.256 e. The first-order chi connectivity index (χ1) is 10.1. The zero-order valence-corrected chi connectivity index (χ0v) is 12.8. The molecule has 0 aromatic heterocycles. The highest BCUT2D eigenvalue weighted by atomic mass is 16.2. The molecule has 0 radical (unpaired) electrons. The lowest BCUT2D eigenvalue weighted by molar-refractivity contribution is 0.0741. The third-order valence-corrected chi connectivity index (χ3v) is 5.00. The molecule has 2 fully saturated rings. The van der Waals surface area contributed by atoms with Crippen molar-refractivity contribution in [2.24, 2.45) is 5.84 Å². The van der Waals surface area contributed by atoms with Crippen molar-refractivity contribution >= 4 is 11.6 Å². The standard InChI is InChI=1S/C16H24N4O/c1-11-3-6-14(15(9-11)18-17)16(21)20-8-7-12-4-5-13(10-20)19(12)2/h3,6,9,12-13,18H,4-5,7-8,10,17H2,1-2H3. The summed E-state index contributed by atoms with van der Waals surface area (Å²) in [5.41, 5.74) is 5.13. The summed E-state index contributed by atoms with van der Waals surface area (Å²) in [6.45, 7) is 3.65. The van der Waals surface area contributed by atoms with Gasteiger partial charge in [0.25, 0.3) is 5.91 Å². The molecule has 2 bridgehead atoms. The maximum atomic E-state index is 12.8. The van der Waals surface area contributed by atoms with E-state index in [0.717, 1.165) is 25.1 Å². The summed E-state index contributed by atoms with van der Waals surface area (Å²) in [6, 6.07) is 6.90. The minimum atomic E-state index is 0.0869. The Kier molecular flexibility index (Phi) is 3.87. The van der Waals surface area contributed by atoms with Crippen LogP contribution in [0.1, 0.15) is 35.2 Å². The number of carbonyl (C=O) groups is 1. The van der Waals surface area contributed by atoms with Gasteiger partial charge in [-0.3, -0.25) is 15.5 Å². The second-order valence-electron chi connectivity index (χ2n) is 6.28. The second kappa shape index (κ2) is 5.66. The van der Waals surface area contributed by atoms with E-state index in [1.807, 2.05) is 30.0 Å². The van der Waals surface area contributed by atoms with E-state index >= 15 is 0 Å². The minimum absolute atomic E-state index is 0.0869. The van der Waals surface area contributed by atoms with Crippen LogP contribution in [-0.4, -0.2) is 47.9 Å². The van der Waals surface area contributed by atoms with Crippen molar-refractivity contribution in [3.8, 4) is 0 Å². The Morgan fingerprint density at radius 3 is 2.81 bits per heavy atom. The van der Waals surface area contributed by atoms with Gasteiger partial charge in [-0.25, -0.2) is 0 Å². The number of benzene rings is 1. The van der Waals surface area contributed by atoms with Gasteiger partial charge in [0.05, 0.1) is 11.3 Å². The van der Waals surface area contributed by atoms with Crippen LogP contribution in [0, 0.1) is 6.92 Å². The highest BCUT2D eigenvalue weighted by molar-refractivity contribution is 5.99. The Hall–Kier alpha value is -1.59. The number of anilines is 1. The molecule has 3 N–H and O–H groups in total. The lowest BCUT2D eigenvalue weighted by Gasteiger charge is -2.26. The second-order valence-corrected chi connectivity index (χ2v) is 6.28. The fraction of sp³-hybridized carbons (Fsp3) is 0.562. The van der Waals surface area contributed by atoms with Gasteiger partial charge in [-0.15, -0.1) is 0 Å². The number of hydrogen-bond donors (Lipinski definition) is 2. The molecule has 1 amide bonds. The molecule has 2 atom stereocenters. The van der Waals surface area contributed by atoms with Gasteiger partial charge in [-0.2, -0.15) is 0 Å². The highest BCUT2D eigenvalue weighted by Gasteiger charge is 2.36. The number of likely N-dealkylation sites (tertiary alicyclic amines) is 1. The van der Waals surface area contributed by atoms with E-state index < -0.39 is 0 Å². The normalized spacial score (nSPS) is 25.8. The zero-order valence-electron chi connectivity index (χ0n) is 12.8. The molecule has 2 aliphatic heterocycles. The van der Waals surface area contributed by atoms with Crippen molar-refractivity contribution in [1.29, 1.82) is 0 Å². The lowest BCUT2D eigenvalue weighted by atomic mass is 10.1. The Labute approximate surface area is 126 Å². The third kappa shape index (κ3) is 2.63. The molecule has 5 nitrogen and oxygen atoms in total. The van der Waals surface area contributed by atoms with Crippen molar-refractivity contribution in [3.63, 3.8) is 0 Å². The minimum Gasteiger partial charge on any atom is -0.337 e. The molecule has 2 unspecified atom stereocenters. The Morgan fingerprint density at radius 2 is 2.05 bits per heavy atom. The summed E-state index contributed by atoms with van der Waals surface area (Å²) in [7, 11) is 2.19. The molecular weight excluding hydrogens is 264 g/mol. The number of aryl methyl sites for hydroxylation is 1. The van der Waals surface area contributed by atoms with Gasteiger partial charge < -0.3 is 10.3 Å². The summed E-state index contributed by atoms with van der Waals surface area (Å²) in [5, 5.41) is 0.